The van der Waals surface area contributed by atoms with Crippen molar-refractivity contribution in [2.24, 2.45) is 0 Å². The summed E-state index contributed by atoms with van der Waals surface area (Å²) in [6.07, 6.45) is 1.54. The number of hydrogen-bond acceptors (Lipinski definition) is 6. The molecule has 0 spiro atoms. The van der Waals surface area contributed by atoms with Crippen LogP contribution in [0.1, 0.15) is 47.5 Å². The second kappa shape index (κ2) is 9.69. The molecular weight excluding hydrogens is 426 g/mol. The normalized spacial score (nSPS) is 15.6. The molecule has 1 saturated heterocycles. The molecule has 0 bridgehead atoms. The van der Waals surface area contributed by atoms with Gasteiger partial charge in [-0.15, -0.1) is 10.2 Å². The minimum Gasteiger partial charge on any atom is -0.326 e. The second-order valence-electron chi connectivity index (χ2n) is 7.52. The molecule has 1 aliphatic rings. The number of aromatic nitrogens is 2. The molecule has 3 amide bonds. The third kappa shape index (κ3) is 5.00. The van der Waals surface area contributed by atoms with E-state index < -0.39 is 0 Å². The van der Waals surface area contributed by atoms with Crippen LogP contribution in [0.5, 0.6) is 0 Å². The van der Waals surface area contributed by atoms with Crippen molar-refractivity contribution in [1.29, 1.82) is 0 Å². The van der Waals surface area contributed by atoms with Gasteiger partial charge in [0.1, 0.15) is 5.01 Å². The molecule has 8 nitrogen and oxygen atoms in total. The maximum Gasteiger partial charge on any atom is 0.257 e. The van der Waals surface area contributed by atoms with Crippen molar-refractivity contribution >= 4 is 45.6 Å². The Hall–Kier alpha value is -3.59. The lowest BCUT2D eigenvalue weighted by molar-refractivity contribution is -0.117. The summed E-state index contributed by atoms with van der Waals surface area (Å²) in [7, 11) is 0. The maximum absolute atomic E-state index is 12.7. The smallest absolute Gasteiger partial charge is 0.257 e. The quantitative estimate of drug-likeness (QED) is 0.566. The Morgan fingerprint density at radius 3 is 2.69 bits per heavy atom. The van der Waals surface area contributed by atoms with E-state index >= 15 is 0 Å². The first-order chi connectivity index (χ1) is 15.5. The first-order valence-corrected chi connectivity index (χ1v) is 11.2. The third-order valence-electron chi connectivity index (χ3n) is 5.09. The Bertz CT molecular complexity index is 1130. The molecule has 1 atom stereocenters. The van der Waals surface area contributed by atoms with Crippen LogP contribution in [0.25, 0.3) is 0 Å². The molecule has 4 rings (SSSR count). The van der Waals surface area contributed by atoms with Gasteiger partial charge >= 0.3 is 0 Å². The van der Waals surface area contributed by atoms with Crippen LogP contribution >= 0.6 is 11.3 Å². The molecule has 0 saturated carbocycles. The summed E-state index contributed by atoms with van der Waals surface area (Å²) in [5, 5.41) is 14.9. The number of nitrogens with zero attached hydrogens (tertiary/aromatic N) is 3. The van der Waals surface area contributed by atoms with Crippen LogP contribution in [-0.2, 0) is 9.59 Å². The van der Waals surface area contributed by atoms with Gasteiger partial charge in [-0.1, -0.05) is 42.5 Å². The molecule has 1 fully saturated rings. The first-order valence-electron chi connectivity index (χ1n) is 10.4. The van der Waals surface area contributed by atoms with Gasteiger partial charge in [0, 0.05) is 42.2 Å². The highest BCUT2D eigenvalue weighted by Crippen LogP contribution is 2.34. The molecule has 3 aromatic rings. The topological polar surface area (TPSA) is 104 Å². The van der Waals surface area contributed by atoms with Gasteiger partial charge < -0.3 is 10.2 Å². The molecule has 0 aliphatic carbocycles. The average Bonchev–Trinajstić information content (AvgIpc) is 3.41. The monoisotopic (exact) mass is 449 g/mol. The fourth-order valence-electron chi connectivity index (χ4n) is 3.54. The molecular formula is C23H23N5O3S. The van der Waals surface area contributed by atoms with Gasteiger partial charge in [-0.3, -0.25) is 19.7 Å². The lowest BCUT2D eigenvalue weighted by Gasteiger charge is -2.15. The SMILES string of the molecule is CCCC(=O)Nc1cccc(C(=O)Nc2nnc(C3CC(=O)N(c4ccccc4)C3)s2)c1. The van der Waals surface area contributed by atoms with Gasteiger partial charge in [-0.2, -0.15) is 0 Å². The highest BCUT2D eigenvalue weighted by atomic mass is 32.1. The van der Waals surface area contributed by atoms with E-state index in [2.05, 4.69) is 20.8 Å². The van der Waals surface area contributed by atoms with Crippen LogP contribution in [0, 0.1) is 0 Å². The number of amides is 3. The average molecular weight is 450 g/mol. The molecule has 9 heteroatoms. The molecule has 2 N–H and O–H groups in total. The van der Waals surface area contributed by atoms with Crippen molar-refractivity contribution in [2.45, 2.75) is 32.1 Å². The molecule has 1 unspecified atom stereocenters. The van der Waals surface area contributed by atoms with Crippen molar-refractivity contribution in [3.8, 4) is 0 Å². The van der Waals surface area contributed by atoms with E-state index in [0.29, 0.717) is 40.8 Å². The molecule has 32 heavy (non-hydrogen) atoms. The molecule has 1 aliphatic heterocycles. The molecule has 1 aromatic heterocycles. The number of carbonyl (C=O) groups is 3. The summed E-state index contributed by atoms with van der Waals surface area (Å²) in [6, 6.07) is 16.3. The zero-order valence-corrected chi connectivity index (χ0v) is 18.4. The van der Waals surface area contributed by atoms with Crippen molar-refractivity contribution in [3.63, 3.8) is 0 Å². The van der Waals surface area contributed by atoms with E-state index in [9.17, 15) is 14.4 Å². The summed E-state index contributed by atoms with van der Waals surface area (Å²) in [5.74, 6) is -0.450. The van der Waals surface area contributed by atoms with E-state index in [0.717, 1.165) is 12.1 Å². The number of anilines is 3. The largest absolute Gasteiger partial charge is 0.326 e. The predicted molar refractivity (Wildman–Crippen MR) is 124 cm³/mol. The molecule has 2 heterocycles. The Morgan fingerprint density at radius 1 is 1.09 bits per heavy atom. The van der Waals surface area contributed by atoms with Crippen LogP contribution in [0.2, 0.25) is 0 Å². The van der Waals surface area contributed by atoms with E-state index in [1.54, 1.807) is 29.2 Å². The lowest BCUT2D eigenvalue weighted by Crippen LogP contribution is -2.24. The highest BCUT2D eigenvalue weighted by Gasteiger charge is 2.33. The molecule has 2 aromatic carbocycles. The summed E-state index contributed by atoms with van der Waals surface area (Å²) in [5.41, 5.74) is 1.84. The van der Waals surface area contributed by atoms with E-state index in [4.69, 9.17) is 0 Å². The fraction of sp³-hybridized carbons (Fsp3) is 0.261. The van der Waals surface area contributed by atoms with Crippen molar-refractivity contribution in [1.82, 2.24) is 10.2 Å². The van der Waals surface area contributed by atoms with Crippen molar-refractivity contribution < 1.29 is 14.4 Å². The van der Waals surface area contributed by atoms with Crippen LogP contribution in [0.15, 0.2) is 54.6 Å². The first kappa shape index (κ1) is 21.6. The number of rotatable bonds is 7. The third-order valence-corrected chi connectivity index (χ3v) is 6.09. The van der Waals surface area contributed by atoms with Crippen LogP contribution < -0.4 is 15.5 Å². The number of carbonyl (C=O) groups excluding carboxylic acids is 3. The Labute approximate surface area is 189 Å². The Kier molecular flexibility index (Phi) is 6.55. The number of hydrogen-bond donors (Lipinski definition) is 2. The second-order valence-corrected chi connectivity index (χ2v) is 8.53. The summed E-state index contributed by atoms with van der Waals surface area (Å²) >= 11 is 1.27. The summed E-state index contributed by atoms with van der Waals surface area (Å²) in [6.45, 7) is 2.46. The number of nitrogens with one attached hydrogen (secondary N) is 2. The lowest BCUT2D eigenvalue weighted by atomic mass is 10.1. The van der Waals surface area contributed by atoms with Crippen molar-refractivity contribution in [3.05, 3.63) is 65.2 Å². The minimum atomic E-state index is -0.340. The van der Waals surface area contributed by atoms with Crippen molar-refractivity contribution in [2.75, 3.05) is 22.1 Å². The number of benzene rings is 2. The van der Waals surface area contributed by atoms with Gasteiger partial charge in [0.2, 0.25) is 16.9 Å². The zero-order valence-electron chi connectivity index (χ0n) is 17.6. The standard InChI is InChI=1S/C23H23N5O3S/c1-2-7-19(29)24-17-9-6-8-15(12-17)21(31)25-23-27-26-22(32-23)16-13-20(30)28(14-16)18-10-4-3-5-11-18/h3-6,8-12,16H,2,7,13-14H2,1H3,(H,24,29)(H,25,27,31). The van der Waals surface area contributed by atoms with Gasteiger partial charge in [0.25, 0.3) is 5.91 Å². The minimum absolute atomic E-state index is 0.0453. The maximum atomic E-state index is 12.7. The summed E-state index contributed by atoms with van der Waals surface area (Å²) in [4.78, 5) is 38.7. The van der Waals surface area contributed by atoms with Gasteiger partial charge in [0.15, 0.2) is 0 Å². The van der Waals surface area contributed by atoms with Crippen LogP contribution in [0.4, 0.5) is 16.5 Å². The van der Waals surface area contributed by atoms with E-state index in [1.165, 1.54) is 11.3 Å². The van der Waals surface area contributed by atoms with Gasteiger partial charge in [0.05, 0.1) is 0 Å². The predicted octanol–water partition coefficient (Wildman–Crippen LogP) is 4.05. The Morgan fingerprint density at radius 2 is 1.91 bits per heavy atom. The molecule has 0 radical (unpaired) electrons. The highest BCUT2D eigenvalue weighted by molar-refractivity contribution is 7.15. The molecule has 164 valence electrons. The van der Waals surface area contributed by atoms with Gasteiger partial charge in [-0.25, -0.2) is 0 Å². The zero-order chi connectivity index (χ0) is 22.5. The fourth-order valence-corrected chi connectivity index (χ4v) is 4.37. The van der Waals surface area contributed by atoms with Crippen LogP contribution in [0.3, 0.4) is 0 Å². The summed E-state index contributed by atoms with van der Waals surface area (Å²) < 4.78 is 0. The Balaban J connectivity index is 1.40. The van der Waals surface area contributed by atoms with Gasteiger partial charge in [-0.05, 0) is 36.8 Å². The number of para-hydroxylation sites is 1. The van der Waals surface area contributed by atoms with E-state index in [1.807, 2.05) is 37.3 Å². The van der Waals surface area contributed by atoms with E-state index in [-0.39, 0.29) is 23.6 Å². The van der Waals surface area contributed by atoms with Crippen LogP contribution in [-0.4, -0.2) is 34.5 Å².